The Labute approximate surface area is 201 Å². The Balaban J connectivity index is 1.61. The smallest absolute Gasteiger partial charge is 0.280 e. The SMILES string of the molecule is O=CNc1cccc(-c2cnc(C(=O)NC3CCCCCCCCCCCCCC3)s2)c1O. The van der Waals surface area contributed by atoms with Crippen molar-refractivity contribution in [3.8, 4) is 16.2 Å². The van der Waals surface area contributed by atoms with Crippen LogP contribution in [0.2, 0.25) is 0 Å². The molecule has 1 saturated carbocycles. The zero-order valence-electron chi connectivity index (χ0n) is 19.5. The predicted molar refractivity (Wildman–Crippen MR) is 135 cm³/mol. The molecule has 2 amide bonds. The van der Waals surface area contributed by atoms with Gasteiger partial charge in [-0.3, -0.25) is 9.59 Å². The highest BCUT2D eigenvalue weighted by molar-refractivity contribution is 7.17. The van der Waals surface area contributed by atoms with Gasteiger partial charge in [0.25, 0.3) is 5.91 Å². The summed E-state index contributed by atoms with van der Waals surface area (Å²) in [5.41, 5.74) is 0.879. The number of anilines is 1. The number of carbonyl (C=O) groups is 2. The van der Waals surface area contributed by atoms with E-state index in [-0.39, 0.29) is 17.7 Å². The molecule has 0 atom stereocenters. The number of hydrogen-bond acceptors (Lipinski definition) is 5. The molecule has 1 aliphatic rings. The van der Waals surface area contributed by atoms with Crippen molar-refractivity contribution in [1.29, 1.82) is 0 Å². The minimum atomic E-state index is -0.143. The summed E-state index contributed by atoms with van der Waals surface area (Å²) in [7, 11) is 0. The molecule has 1 aromatic heterocycles. The first-order valence-corrected chi connectivity index (χ1v) is 13.3. The first-order chi connectivity index (χ1) is 16.2. The van der Waals surface area contributed by atoms with Crippen molar-refractivity contribution in [3.05, 3.63) is 29.4 Å². The first-order valence-electron chi connectivity index (χ1n) is 12.5. The number of thiazole rings is 1. The molecule has 0 spiro atoms. The van der Waals surface area contributed by atoms with E-state index in [1.165, 1.54) is 75.5 Å². The van der Waals surface area contributed by atoms with E-state index in [1.54, 1.807) is 24.4 Å². The Hall–Kier alpha value is -2.41. The number of amides is 2. The van der Waals surface area contributed by atoms with Crippen molar-refractivity contribution in [2.45, 2.75) is 95.9 Å². The molecule has 1 aromatic carbocycles. The van der Waals surface area contributed by atoms with Crippen LogP contribution in [0.1, 0.15) is 99.7 Å². The molecule has 6 nitrogen and oxygen atoms in total. The minimum absolute atomic E-state index is 0.0259. The van der Waals surface area contributed by atoms with Gasteiger partial charge in [-0.15, -0.1) is 11.3 Å². The average Bonchev–Trinajstić information content (AvgIpc) is 3.30. The Bertz CT molecular complexity index is 867. The maximum atomic E-state index is 12.9. The third kappa shape index (κ3) is 8.14. The van der Waals surface area contributed by atoms with Gasteiger partial charge in [0.2, 0.25) is 6.41 Å². The average molecular weight is 472 g/mol. The summed E-state index contributed by atoms with van der Waals surface area (Å²) in [5, 5.41) is 16.6. The molecule has 180 valence electrons. The van der Waals surface area contributed by atoms with E-state index >= 15 is 0 Å². The zero-order valence-corrected chi connectivity index (χ0v) is 20.3. The Morgan fingerprint density at radius 1 is 0.939 bits per heavy atom. The van der Waals surface area contributed by atoms with E-state index in [2.05, 4.69) is 15.6 Å². The number of phenolic OH excluding ortho intramolecular Hbond substituents is 1. The molecule has 3 N–H and O–H groups in total. The van der Waals surface area contributed by atoms with Crippen LogP contribution in [0.4, 0.5) is 5.69 Å². The fourth-order valence-electron chi connectivity index (χ4n) is 4.51. The van der Waals surface area contributed by atoms with Gasteiger partial charge in [-0.1, -0.05) is 83.1 Å². The van der Waals surface area contributed by atoms with Crippen LogP contribution in [0, 0.1) is 0 Å². The molecule has 7 heteroatoms. The molecule has 1 aliphatic carbocycles. The topological polar surface area (TPSA) is 91.3 Å². The summed E-state index contributed by atoms with van der Waals surface area (Å²) < 4.78 is 0. The number of hydrogen-bond donors (Lipinski definition) is 3. The number of benzene rings is 1. The van der Waals surface area contributed by atoms with Crippen molar-refractivity contribution in [2.24, 2.45) is 0 Å². The van der Waals surface area contributed by atoms with Gasteiger partial charge in [-0.2, -0.15) is 0 Å². The highest BCUT2D eigenvalue weighted by Gasteiger charge is 2.19. The molecular formula is C26H37N3O3S. The van der Waals surface area contributed by atoms with Crippen molar-refractivity contribution in [1.82, 2.24) is 10.3 Å². The van der Waals surface area contributed by atoms with Crippen LogP contribution in [-0.4, -0.2) is 28.4 Å². The molecule has 1 heterocycles. The van der Waals surface area contributed by atoms with E-state index in [9.17, 15) is 14.7 Å². The molecule has 0 aliphatic heterocycles. The molecule has 0 bridgehead atoms. The van der Waals surface area contributed by atoms with Gasteiger partial charge in [0.15, 0.2) is 5.01 Å². The summed E-state index contributed by atoms with van der Waals surface area (Å²) in [5.74, 6) is -0.169. The lowest BCUT2D eigenvalue weighted by Crippen LogP contribution is -2.34. The number of rotatable bonds is 5. The van der Waals surface area contributed by atoms with E-state index in [4.69, 9.17) is 0 Å². The Kier molecular flexibility index (Phi) is 10.7. The molecule has 0 saturated heterocycles. The van der Waals surface area contributed by atoms with Gasteiger partial charge >= 0.3 is 0 Å². The number of para-hydroxylation sites is 1. The van der Waals surface area contributed by atoms with Gasteiger partial charge in [0, 0.05) is 17.8 Å². The lowest BCUT2D eigenvalue weighted by Gasteiger charge is -2.18. The van der Waals surface area contributed by atoms with Crippen LogP contribution in [0.5, 0.6) is 5.75 Å². The highest BCUT2D eigenvalue weighted by Crippen LogP contribution is 2.37. The van der Waals surface area contributed by atoms with Crippen molar-refractivity contribution in [2.75, 3.05) is 5.32 Å². The standard InChI is InChI=1S/C26H37N3O3S/c30-19-28-22-17-13-16-21(24(22)31)23-18-27-26(33-23)25(32)29-20-14-11-9-7-5-3-1-2-4-6-8-10-12-15-20/h13,16-20,31H,1-12,14-15H2,(H,28,30)(H,29,32). The number of carbonyl (C=O) groups excluding carboxylic acids is 2. The van der Waals surface area contributed by atoms with Crippen LogP contribution < -0.4 is 10.6 Å². The fourth-order valence-corrected chi connectivity index (χ4v) is 5.36. The molecule has 2 aromatic rings. The second-order valence-corrected chi connectivity index (χ2v) is 10.0. The number of nitrogens with one attached hydrogen (secondary N) is 2. The van der Waals surface area contributed by atoms with E-state index < -0.39 is 0 Å². The van der Waals surface area contributed by atoms with E-state index in [0.717, 1.165) is 25.7 Å². The van der Waals surface area contributed by atoms with Gasteiger partial charge < -0.3 is 15.7 Å². The summed E-state index contributed by atoms with van der Waals surface area (Å²) in [6, 6.07) is 5.30. The molecule has 3 rings (SSSR count). The van der Waals surface area contributed by atoms with Crippen LogP contribution in [-0.2, 0) is 4.79 Å². The van der Waals surface area contributed by atoms with Crippen molar-refractivity contribution >= 4 is 29.3 Å². The lowest BCUT2D eigenvalue weighted by molar-refractivity contribution is -0.105. The largest absolute Gasteiger partial charge is 0.505 e. The monoisotopic (exact) mass is 471 g/mol. The molecule has 0 radical (unpaired) electrons. The minimum Gasteiger partial charge on any atom is -0.505 e. The van der Waals surface area contributed by atoms with Crippen LogP contribution >= 0.6 is 11.3 Å². The van der Waals surface area contributed by atoms with Gasteiger partial charge in [-0.25, -0.2) is 4.98 Å². The first kappa shape index (κ1) is 25.2. The Morgan fingerprint density at radius 3 is 2.09 bits per heavy atom. The van der Waals surface area contributed by atoms with Gasteiger partial charge in [-0.05, 0) is 25.0 Å². The fraction of sp³-hybridized carbons (Fsp3) is 0.577. The summed E-state index contributed by atoms with van der Waals surface area (Å²) in [6.45, 7) is 0. The maximum Gasteiger partial charge on any atom is 0.280 e. The molecular weight excluding hydrogens is 434 g/mol. The second-order valence-electron chi connectivity index (χ2n) is 8.98. The zero-order chi connectivity index (χ0) is 23.3. The predicted octanol–water partition coefficient (Wildman–Crippen LogP) is 6.66. The summed E-state index contributed by atoms with van der Waals surface area (Å²) in [6.07, 6.45) is 19.6. The van der Waals surface area contributed by atoms with Gasteiger partial charge in [0.05, 0.1) is 10.6 Å². The quantitative estimate of drug-likeness (QED) is 0.336. The number of phenols is 1. The van der Waals surface area contributed by atoms with Crippen LogP contribution in [0.3, 0.4) is 0 Å². The number of nitrogens with zero attached hydrogens (tertiary/aromatic N) is 1. The van der Waals surface area contributed by atoms with Gasteiger partial charge in [0.1, 0.15) is 5.75 Å². The van der Waals surface area contributed by atoms with Crippen LogP contribution in [0.25, 0.3) is 10.4 Å². The Morgan fingerprint density at radius 2 is 1.52 bits per heavy atom. The van der Waals surface area contributed by atoms with Crippen molar-refractivity contribution < 1.29 is 14.7 Å². The molecule has 33 heavy (non-hydrogen) atoms. The highest BCUT2D eigenvalue weighted by atomic mass is 32.1. The number of aromatic hydroxyl groups is 1. The summed E-state index contributed by atoms with van der Waals surface area (Å²) >= 11 is 1.25. The lowest BCUT2D eigenvalue weighted by atomic mass is 10.0. The normalized spacial score (nSPS) is 17.5. The summed E-state index contributed by atoms with van der Waals surface area (Å²) in [4.78, 5) is 28.7. The maximum absolute atomic E-state index is 12.9. The van der Waals surface area contributed by atoms with Crippen molar-refractivity contribution in [3.63, 3.8) is 0 Å². The second kappa shape index (κ2) is 14.0. The third-order valence-electron chi connectivity index (χ3n) is 6.41. The van der Waals surface area contributed by atoms with E-state index in [0.29, 0.717) is 27.5 Å². The third-order valence-corrected chi connectivity index (χ3v) is 7.44. The van der Waals surface area contributed by atoms with E-state index in [1.807, 2.05) is 0 Å². The molecule has 0 unspecified atom stereocenters. The number of aromatic nitrogens is 1. The molecule has 1 fully saturated rings. The van der Waals surface area contributed by atoms with Crippen LogP contribution in [0.15, 0.2) is 24.4 Å².